The normalized spacial score (nSPS) is 12.4. The molecular formula is C15H26N2O2. The largest absolute Gasteiger partial charge is 0.383 e. The lowest BCUT2D eigenvalue weighted by Crippen LogP contribution is -2.23. The van der Waals surface area contributed by atoms with Crippen LogP contribution < -0.4 is 10.9 Å². The number of unbranched alkanes of at least 4 members (excludes halogenated alkanes) is 2. The summed E-state index contributed by atoms with van der Waals surface area (Å²) >= 11 is 0. The predicted molar refractivity (Wildman–Crippen MR) is 79.8 cm³/mol. The number of hydrogen-bond donors (Lipinski definition) is 1. The molecule has 4 heteroatoms. The minimum absolute atomic E-state index is 0.0150. The molecule has 1 aromatic rings. The number of rotatable bonds is 9. The third-order valence-electron chi connectivity index (χ3n) is 3.17. The second-order valence-electron chi connectivity index (χ2n) is 4.98. The quantitative estimate of drug-likeness (QED) is 0.699. The number of anilines is 1. The van der Waals surface area contributed by atoms with Crippen molar-refractivity contribution < 1.29 is 4.74 Å². The lowest BCUT2D eigenvalue weighted by Gasteiger charge is -2.16. The SMILES string of the molecule is CCCCCC(C)Nc1ccc(=O)n(CCOC)c1. The number of methoxy groups -OCH3 is 1. The Hall–Kier alpha value is -1.29. The van der Waals surface area contributed by atoms with Crippen LogP contribution in [-0.2, 0) is 11.3 Å². The van der Waals surface area contributed by atoms with Crippen LogP contribution >= 0.6 is 0 Å². The van der Waals surface area contributed by atoms with Gasteiger partial charge in [-0.1, -0.05) is 26.2 Å². The molecule has 1 atom stereocenters. The number of nitrogens with one attached hydrogen (secondary N) is 1. The molecule has 0 saturated carbocycles. The van der Waals surface area contributed by atoms with E-state index in [1.807, 2.05) is 12.3 Å². The molecule has 0 aliphatic rings. The zero-order valence-electron chi connectivity index (χ0n) is 12.3. The number of pyridine rings is 1. The van der Waals surface area contributed by atoms with Gasteiger partial charge in [-0.25, -0.2) is 0 Å². The van der Waals surface area contributed by atoms with E-state index in [1.54, 1.807) is 17.7 Å². The molecule has 1 rings (SSSR count). The summed E-state index contributed by atoms with van der Waals surface area (Å²) in [7, 11) is 1.64. The molecule has 0 saturated heterocycles. The maximum atomic E-state index is 11.7. The molecule has 0 aliphatic heterocycles. The van der Waals surface area contributed by atoms with Crippen LogP contribution in [0.4, 0.5) is 5.69 Å². The zero-order chi connectivity index (χ0) is 14.1. The van der Waals surface area contributed by atoms with E-state index in [0.29, 0.717) is 19.2 Å². The lowest BCUT2D eigenvalue weighted by atomic mass is 10.1. The minimum atomic E-state index is 0.0150. The summed E-state index contributed by atoms with van der Waals surface area (Å²) in [4.78, 5) is 11.7. The number of hydrogen-bond acceptors (Lipinski definition) is 3. The zero-order valence-corrected chi connectivity index (χ0v) is 12.3. The Morgan fingerprint density at radius 3 is 2.84 bits per heavy atom. The average molecular weight is 266 g/mol. The van der Waals surface area contributed by atoms with Crippen LogP contribution in [0.15, 0.2) is 23.1 Å². The van der Waals surface area contributed by atoms with E-state index in [0.717, 1.165) is 12.1 Å². The van der Waals surface area contributed by atoms with Crippen LogP contribution in [0.5, 0.6) is 0 Å². The first-order valence-corrected chi connectivity index (χ1v) is 7.13. The van der Waals surface area contributed by atoms with Gasteiger partial charge in [-0.3, -0.25) is 4.79 Å². The summed E-state index contributed by atoms with van der Waals surface area (Å²) in [5.41, 5.74) is 1.01. The standard InChI is InChI=1S/C15H26N2O2/c1-4-5-6-7-13(2)16-14-8-9-15(18)17(12-14)10-11-19-3/h8-9,12-13,16H,4-7,10-11H2,1-3H3. The molecule has 108 valence electrons. The van der Waals surface area contributed by atoms with Gasteiger partial charge in [0.05, 0.1) is 12.3 Å². The van der Waals surface area contributed by atoms with Gasteiger partial charge in [0, 0.05) is 32.0 Å². The van der Waals surface area contributed by atoms with E-state index >= 15 is 0 Å². The average Bonchev–Trinajstić information content (AvgIpc) is 2.39. The molecule has 0 amide bonds. The highest BCUT2D eigenvalue weighted by molar-refractivity contribution is 5.41. The first-order chi connectivity index (χ1) is 9.17. The third kappa shape index (κ3) is 5.92. The fraction of sp³-hybridized carbons (Fsp3) is 0.667. The van der Waals surface area contributed by atoms with Crippen LogP contribution in [0.1, 0.15) is 39.5 Å². The number of ether oxygens (including phenoxy) is 1. The Morgan fingerprint density at radius 1 is 1.37 bits per heavy atom. The topological polar surface area (TPSA) is 43.3 Å². The van der Waals surface area contributed by atoms with E-state index in [1.165, 1.54) is 19.3 Å². The summed E-state index contributed by atoms with van der Waals surface area (Å²) in [6, 6.07) is 3.89. The van der Waals surface area contributed by atoms with E-state index in [-0.39, 0.29) is 5.56 Å². The molecule has 0 aliphatic carbocycles. The summed E-state index contributed by atoms with van der Waals surface area (Å²) in [5.74, 6) is 0. The van der Waals surface area contributed by atoms with Crippen molar-refractivity contribution in [3.05, 3.63) is 28.7 Å². The van der Waals surface area contributed by atoms with Crippen molar-refractivity contribution in [1.29, 1.82) is 0 Å². The fourth-order valence-electron chi connectivity index (χ4n) is 2.04. The van der Waals surface area contributed by atoms with E-state index in [2.05, 4.69) is 19.2 Å². The molecule has 1 aromatic heterocycles. The van der Waals surface area contributed by atoms with Gasteiger partial charge in [0.1, 0.15) is 0 Å². The van der Waals surface area contributed by atoms with Crippen LogP contribution in [0, 0.1) is 0 Å². The van der Waals surface area contributed by atoms with Gasteiger partial charge in [-0.05, 0) is 19.4 Å². The van der Waals surface area contributed by atoms with E-state index in [4.69, 9.17) is 4.74 Å². The van der Waals surface area contributed by atoms with Crippen LogP contribution in [0.2, 0.25) is 0 Å². The molecule has 0 fully saturated rings. The molecule has 0 aromatic carbocycles. The van der Waals surface area contributed by atoms with E-state index < -0.39 is 0 Å². The molecule has 0 radical (unpaired) electrons. The smallest absolute Gasteiger partial charge is 0.250 e. The summed E-state index contributed by atoms with van der Waals surface area (Å²) < 4.78 is 6.69. The fourth-order valence-corrected chi connectivity index (χ4v) is 2.04. The molecule has 1 heterocycles. The Balaban J connectivity index is 2.55. The highest BCUT2D eigenvalue weighted by Gasteiger charge is 2.03. The third-order valence-corrected chi connectivity index (χ3v) is 3.17. The highest BCUT2D eigenvalue weighted by Crippen LogP contribution is 2.10. The summed E-state index contributed by atoms with van der Waals surface area (Å²) in [6.07, 6.45) is 6.80. The monoisotopic (exact) mass is 266 g/mol. The van der Waals surface area contributed by atoms with Crippen LogP contribution in [0.25, 0.3) is 0 Å². The second kappa shape index (κ2) is 8.75. The predicted octanol–water partition coefficient (Wildman–Crippen LogP) is 2.88. The molecule has 1 unspecified atom stereocenters. The Morgan fingerprint density at radius 2 is 2.16 bits per heavy atom. The summed E-state index contributed by atoms with van der Waals surface area (Å²) in [5, 5.41) is 3.44. The Kier molecular flexibility index (Phi) is 7.26. The molecular weight excluding hydrogens is 240 g/mol. The van der Waals surface area contributed by atoms with Crippen molar-refractivity contribution in [3.8, 4) is 0 Å². The molecule has 0 spiro atoms. The molecule has 19 heavy (non-hydrogen) atoms. The van der Waals surface area contributed by atoms with Gasteiger partial charge < -0.3 is 14.6 Å². The van der Waals surface area contributed by atoms with Gasteiger partial charge in [0.2, 0.25) is 0 Å². The molecule has 0 bridgehead atoms. The second-order valence-corrected chi connectivity index (χ2v) is 4.98. The highest BCUT2D eigenvalue weighted by atomic mass is 16.5. The van der Waals surface area contributed by atoms with Crippen molar-refractivity contribution in [2.75, 3.05) is 19.0 Å². The molecule has 1 N–H and O–H groups in total. The minimum Gasteiger partial charge on any atom is -0.383 e. The first-order valence-electron chi connectivity index (χ1n) is 7.13. The summed E-state index contributed by atoms with van der Waals surface area (Å²) in [6.45, 7) is 5.54. The lowest BCUT2D eigenvalue weighted by molar-refractivity contribution is 0.186. The Labute approximate surface area is 115 Å². The molecule has 4 nitrogen and oxygen atoms in total. The van der Waals surface area contributed by atoms with Crippen molar-refractivity contribution >= 4 is 5.69 Å². The van der Waals surface area contributed by atoms with Crippen LogP contribution in [0.3, 0.4) is 0 Å². The van der Waals surface area contributed by atoms with Crippen molar-refractivity contribution in [1.82, 2.24) is 4.57 Å². The van der Waals surface area contributed by atoms with E-state index in [9.17, 15) is 4.79 Å². The number of aromatic nitrogens is 1. The first kappa shape index (κ1) is 15.8. The van der Waals surface area contributed by atoms with Gasteiger partial charge in [0.15, 0.2) is 0 Å². The van der Waals surface area contributed by atoms with Gasteiger partial charge >= 0.3 is 0 Å². The maximum absolute atomic E-state index is 11.7. The Bertz CT molecular complexity index is 415. The van der Waals surface area contributed by atoms with Gasteiger partial charge in [-0.2, -0.15) is 0 Å². The van der Waals surface area contributed by atoms with Crippen molar-refractivity contribution in [2.45, 2.75) is 52.1 Å². The van der Waals surface area contributed by atoms with Gasteiger partial charge in [0.25, 0.3) is 5.56 Å². The van der Waals surface area contributed by atoms with Gasteiger partial charge in [-0.15, -0.1) is 0 Å². The van der Waals surface area contributed by atoms with Crippen molar-refractivity contribution in [2.24, 2.45) is 0 Å². The van der Waals surface area contributed by atoms with Crippen molar-refractivity contribution in [3.63, 3.8) is 0 Å². The van der Waals surface area contributed by atoms with Crippen LogP contribution in [-0.4, -0.2) is 24.3 Å². The maximum Gasteiger partial charge on any atom is 0.250 e. The number of nitrogens with zero attached hydrogens (tertiary/aromatic N) is 1.